The number of benzene rings is 1. The molecule has 1 aromatic heterocycles. The molecule has 0 bridgehead atoms. The van der Waals surface area contributed by atoms with Crippen molar-refractivity contribution in [2.75, 3.05) is 0 Å². The fraction of sp³-hybridized carbons (Fsp3) is 0. The Hall–Kier alpha value is -0.450. The third kappa shape index (κ3) is 4.05. The van der Waals surface area contributed by atoms with Gasteiger partial charge in [0.25, 0.3) is 0 Å². The zero-order valence-corrected chi connectivity index (χ0v) is 12.3. The van der Waals surface area contributed by atoms with E-state index in [1.165, 1.54) is 22.5 Å². The first kappa shape index (κ1) is 14.6. The summed E-state index contributed by atoms with van der Waals surface area (Å²) in [5.41, 5.74) is 0. The summed E-state index contributed by atoms with van der Waals surface area (Å²) in [6.07, 6.45) is 1.37. The molecule has 0 aliphatic rings. The van der Waals surface area contributed by atoms with Crippen LogP contribution in [0, 0.1) is 6.07 Å². The van der Waals surface area contributed by atoms with Crippen molar-refractivity contribution in [3.8, 4) is 0 Å². The van der Waals surface area contributed by atoms with Gasteiger partial charge in [-0.05, 0) is 15.3 Å². The first-order chi connectivity index (χ1) is 7.55. The summed E-state index contributed by atoms with van der Waals surface area (Å²) in [6.45, 7) is 0. The molecule has 0 spiro atoms. The Bertz CT molecular complexity index is 587. The van der Waals surface area contributed by atoms with Crippen molar-refractivity contribution < 1.29 is 42.5 Å². The minimum atomic E-state index is -4.21. The van der Waals surface area contributed by atoms with Gasteiger partial charge in [0.05, 0.1) is 0 Å². The van der Waals surface area contributed by atoms with Gasteiger partial charge in [0.15, 0.2) is 0 Å². The van der Waals surface area contributed by atoms with Crippen molar-refractivity contribution in [1.82, 2.24) is 19.6 Å². The van der Waals surface area contributed by atoms with E-state index in [1.54, 1.807) is 6.07 Å². The summed E-state index contributed by atoms with van der Waals surface area (Å²) in [6, 6.07) is 6.65. The van der Waals surface area contributed by atoms with Crippen LogP contribution in [0.1, 0.15) is 0 Å². The number of hydrogen-bond donors (Lipinski definition) is 1. The fourth-order valence-corrected chi connectivity index (χ4v) is 2.18. The van der Waals surface area contributed by atoms with Crippen LogP contribution in [0.15, 0.2) is 34.3 Å². The van der Waals surface area contributed by atoms with E-state index < -0.39 is 10.1 Å². The number of hydrogen-bond acceptors (Lipinski definition) is 6. The summed E-state index contributed by atoms with van der Waals surface area (Å²) < 4.78 is 31.9. The first-order valence-electron chi connectivity index (χ1n) is 3.96. The van der Waals surface area contributed by atoms with Crippen LogP contribution in [0.2, 0.25) is 0 Å². The van der Waals surface area contributed by atoms with Gasteiger partial charge < -0.3 is 0 Å². The maximum Gasteiger partial charge on any atom is 1.00 e. The molecule has 0 saturated heterocycles. The van der Waals surface area contributed by atoms with Crippen LogP contribution in [0.3, 0.4) is 0 Å². The Morgan fingerprint density at radius 1 is 1.41 bits per heavy atom. The summed E-state index contributed by atoms with van der Waals surface area (Å²) in [5.74, 6) is 0. The quantitative estimate of drug-likeness (QED) is 0.370. The molecule has 2 aromatic rings. The maximum atomic E-state index is 10.9. The Morgan fingerprint density at radius 3 is 2.76 bits per heavy atom. The van der Waals surface area contributed by atoms with E-state index in [2.05, 4.69) is 21.6 Å². The second-order valence-corrected chi connectivity index (χ2v) is 5.13. The standard InChI is InChI=1S/C7H5N4O3S2.Na/c12-16(13,14)7-3-1-2-6(4-7)15-11-5-8-9-10-11;/h2-5H,(H,12,13,14);/q-1;+1. The molecule has 10 heteroatoms. The van der Waals surface area contributed by atoms with E-state index in [0.717, 1.165) is 11.9 Å². The molecule has 7 nitrogen and oxygen atoms in total. The molecule has 0 atom stereocenters. The van der Waals surface area contributed by atoms with Crippen LogP contribution < -0.4 is 29.6 Å². The molecule has 2 rings (SSSR count). The zero-order chi connectivity index (χ0) is 11.6. The van der Waals surface area contributed by atoms with Crippen LogP contribution in [-0.2, 0) is 10.1 Å². The van der Waals surface area contributed by atoms with Crippen LogP contribution in [0.4, 0.5) is 0 Å². The van der Waals surface area contributed by atoms with Crippen molar-refractivity contribution >= 4 is 22.1 Å². The SMILES string of the molecule is O=S(=O)(O)c1c[c-]cc(Sn2cnnn2)c1.[Na+]. The second-order valence-electron chi connectivity index (χ2n) is 2.68. The maximum absolute atomic E-state index is 10.9. The minimum absolute atomic E-state index is 0. The van der Waals surface area contributed by atoms with Crippen molar-refractivity contribution in [3.05, 3.63) is 30.6 Å². The van der Waals surface area contributed by atoms with Gasteiger partial charge in [-0.2, -0.15) is 22.3 Å². The minimum Gasteiger partial charge on any atom is -0.291 e. The molecule has 0 aliphatic heterocycles. The van der Waals surface area contributed by atoms with E-state index in [-0.39, 0.29) is 34.5 Å². The molecule has 0 fully saturated rings. The van der Waals surface area contributed by atoms with Crippen molar-refractivity contribution in [1.29, 1.82) is 0 Å². The molecule has 0 radical (unpaired) electrons. The summed E-state index contributed by atoms with van der Waals surface area (Å²) in [4.78, 5) is 0.327. The molecular weight excluding hydrogens is 275 g/mol. The van der Waals surface area contributed by atoms with Crippen molar-refractivity contribution in [2.24, 2.45) is 0 Å². The Kier molecular flexibility index (Phi) is 5.10. The topological polar surface area (TPSA) is 98.0 Å². The average Bonchev–Trinajstić information content (AvgIpc) is 2.70. The van der Waals surface area contributed by atoms with Crippen LogP contribution >= 0.6 is 11.9 Å². The largest absolute Gasteiger partial charge is 1.00 e. The van der Waals surface area contributed by atoms with E-state index >= 15 is 0 Å². The molecule has 0 unspecified atom stereocenters. The fourth-order valence-electron chi connectivity index (χ4n) is 0.934. The molecule has 0 saturated carbocycles. The van der Waals surface area contributed by atoms with E-state index in [0.29, 0.717) is 4.90 Å². The Morgan fingerprint density at radius 2 is 2.18 bits per heavy atom. The average molecular weight is 280 g/mol. The van der Waals surface area contributed by atoms with Gasteiger partial charge in [0.2, 0.25) is 10.1 Å². The van der Waals surface area contributed by atoms with Crippen molar-refractivity contribution in [2.45, 2.75) is 9.79 Å². The third-order valence-electron chi connectivity index (χ3n) is 1.56. The molecule has 0 aliphatic carbocycles. The van der Waals surface area contributed by atoms with Gasteiger partial charge >= 0.3 is 29.6 Å². The van der Waals surface area contributed by atoms with Crippen LogP contribution in [0.5, 0.6) is 0 Å². The Balaban J connectivity index is 0.00000144. The number of rotatable bonds is 3. The zero-order valence-electron chi connectivity index (χ0n) is 8.68. The third-order valence-corrected chi connectivity index (χ3v) is 3.20. The van der Waals surface area contributed by atoms with Crippen LogP contribution in [-0.4, -0.2) is 32.6 Å². The number of aromatic nitrogens is 4. The molecular formula is C7H5N4NaO3S2. The molecule has 17 heavy (non-hydrogen) atoms. The predicted molar refractivity (Wildman–Crippen MR) is 54.2 cm³/mol. The normalized spacial score (nSPS) is 10.9. The monoisotopic (exact) mass is 280 g/mol. The second kappa shape index (κ2) is 5.94. The smallest absolute Gasteiger partial charge is 0.291 e. The number of tetrazole rings is 1. The number of nitrogens with zero attached hydrogens (tertiary/aromatic N) is 4. The van der Waals surface area contributed by atoms with Gasteiger partial charge in [-0.15, -0.1) is 11.2 Å². The van der Waals surface area contributed by atoms with E-state index in [9.17, 15) is 8.42 Å². The summed E-state index contributed by atoms with van der Waals surface area (Å²) in [7, 11) is -4.21. The Labute approximate surface area is 124 Å². The first-order valence-corrected chi connectivity index (χ1v) is 6.17. The predicted octanol–water partition coefficient (Wildman–Crippen LogP) is -2.72. The molecule has 84 valence electrons. The van der Waals surface area contributed by atoms with Crippen molar-refractivity contribution in [3.63, 3.8) is 0 Å². The van der Waals surface area contributed by atoms with Gasteiger partial charge in [0, 0.05) is 0 Å². The van der Waals surface area contributed by atoms with Gasteiger partial charge in [0.1, 0.15) is 6.33 Å². The van der Waals surface area contributed by atoms with E-state index in [4.69, 9.17) is 4.55 Å². The van der Waals surface area contributed by atoms with Crippen LogP contribution in [0.25, 0.3) is 0 Å². The van der Waals surface area contributed by atoms with E-state index in [1.807, 2.05) is 0 Å². The molecule has 1 N–H and O–H groups in total. The summed E-state index contributed by atoms with van der Waals surface area (Å²) >= 11 is 1.10. The molecule has 1 heterocycles. The summed E-state index contributed by atoms with van der Waals surface area (Å²) in [5, 5.41) is 10.4. The van der Waals surface area contributed by atoms with Gasteiger partial charge in [-0.1, -0.05) is 16.8 Å². The molecule has 1 aromatic carbocycles. The van der Waals surface area contributed by atoms with Gasteiger partial charge in [-0.25, -0.2) is 8.42 Å². The molecule has 0 amide bonds. The van der Waals surface area contributed by atoms with Gasteiger partial charge in [-0.3, -0.25) is 4.55 Å².